The number of nitrogens with two attached hydrogens (primary N) is 1. The van der Waals surface area contributed by atoms with Crippen molar-refractivity contribution in [1.82, 2.24) is 25.1 Å². The molecule has 4 rings (SSSR count). The second-order valence-electron chi connectivity index (χ2n) is 6.50. The zero-order chi connectivity index (χ0) is 18.3. The average molecular weight is 355 g/mol. The molecule has 26 heavy (non-hydrogen) atoms. The first-order valence-electron chi connectivity index (χ1n) is 8.28. The van der Waals surface area contributed by atoms with Gasteiger partial charge in [0.25, 0.3) is 11.6 Å². The molecule has 3 aromatic rings. The van der Waals surface area contributed by atoms with E-state index in [1.54, 1.807) is 19.1 Å². The molecule has 1 fully saturated rings. The SMILES string of the molecule is Cc1c(-c2nc(C3(N)CCCC3)no2)nnn1-c1cccc([N+](=O)[O-])c1. The van der Waals surface area contributed by atoms with Gasteiger partial charge in [0.1, 0.15) is 0 Å². The van der Waals surface area contributed by atoms with Crippen molar-refractivity contribution in [2.75, 3.05) is 0 Å². The van der Waals surface area contributed by atoms with Crippen LogP contribution in [0.1, 0.15) is 37.2 Å². The standard InChI is InChI=1S/C16H17N7O3/c1-10-13(14-18-15(20-26-14)16(17)7-2-3-8-16)19-21-22(10)11-5-4-6-12(9-11)23(24)25/h4-6,9H,2-3,7-8,17H2,1H3. The molecule has 10 heteroatoms. The van der Waals surface area contributed by atoms with Crippen LogP contribution < -0.4 is 5.73 Å². The number of aromatic nitrogens is 5. The molecule has 1 saturated carbocycles. The van der Waals surface area contributed by atoms with Crippen LogP contribution in [0.4, 0.5) is 5.69 Å². The van der Waals surface area contributed by atoms with Crippen molar-refractivity contribution in [3.63, 3.8) is 0 Å². The van der Waals surface area contributed by atoms with Gasteiger partial charge in [0.05, 0.1) is 21.8 Å². The highest BCUT2D eigenvalue weighted by atomic mass is 16.6. The van der Waals surface area contributed by atoms with Crippen molar-refractivity contribution in [2.24, 2.45) is 5.73 Å². The zero-order valence-electron chi connectivity index (χ0n) is 14.1. The van der Waals surface area contributed by atoms with Crippen LogP contribution in [0, 0.1) is 17.0 Å². The lowest BCUT2D eigenvalue weighted by molar-refractivity contribution is -0.384. The minimum absolute atomic E-state index is 0.0228. The Kier molecular flexibility index (Phi) is 3.76. The van der Waals surface area contributed by atoms with Crippen LogP contribution in [0.3, 0.4) is 0 Å². The molecule has 1 aliphatic rings. The van der Waals surface area contributed by atoms with E-state index in [1.165, 1.54) is 16.8 Å². The molecular weight excluding hydrogens is 338 g/mol. The number of hydrogen-bond donors (Lipinski definition) is 1. The summed E-state index contributed by atoms with van der Waals surface area (Å²) >= 11 is 0. The molecular formula is C16H17N7O3. The monoisotopic (exact) mass is 355 g/mol. The largest absolute Gasteiger partial charge is 0.332 e. The number of nitro groups is 1. The lowest BCUT2D eigenvalue weighted by Gasteiger charge is -2.17. The van der Waals surface area contributed by atoms with Crippen molar-refractivity contribution in [3.05, 3.63) is 45.9 Å². The number of rotatable bonds is 4. The second-order valence-corrected chi connectivity index (χ2v) is 6.50. The Labute approximate surface area is 148 Å². The highest BCUT2D eigenvalue weighted by Crippen LogP contribution is 2.35. The van der Waals surface area contributed by atoms with E-state index in [4.69, 9.17) is 10.3 Å². The number of non-ortho nitro benzene ring substituents is 1. The fourth-order valence-corrected chi connectivity index (χ4v) is 3.26. The van der Waals surface area contributed by atoms with Crippen LogP contribution >= 0.6 is 0 Å². The molecule has 10 nitrogen and oxygen atoms in total. The topological polar surface area (TPSA) is 139 Å². The predicted octanol–water partition coefficient (Wildman–Crippen LogP) is 2.26. The van der Waals surface area contributed by atoms with E-state index >= 15 is 0 Å². The van der Waals surface area contributed by atoms with Crippen LogP contribution in [0.25, 0.3) is 17.3 Å². The minimum Gasteiger partial charge on any atom is -0.332 e. The van der Waals surface area contributed by atoms with E-state index in [1.807, 2.05) is 0 Å². The summed E-state index contributed by atoms with van der Waals surface area (Å²) < 4.78 is 6.86. The Morgan fingerprint density at radius 3 is 2.85 bits per heavy atom. The van der Waals surface area contributed by atoms with E-state index in [2.05, 4.69) is 20.5 Å². The molecule has 0 spiro atoms. The first-order valence-corrected chi connectivity index (χ1v) is 8.28. The maximum Gasteiger partial charge on any atom is 0.280 e. The molecule has 1 aromatic carbocycles. The van der Waals surface area contributed by atoms with Crippen LogP contribution in [-0.4, -0.2) is 30.1 Å². The fraction of sp³-hybridized carbons (Fsp3) is 0.375. The highest BCUT2D eigenvalue weighted by Gasteiger charge is 2.36. The van der Waals surface area contributed by atoms with Crippen LogP contribution in [-0.2, 0) is 5.54 Å². The van der Waals surface area contributed by atoms with Crippen molar-refractivity contribution in [1.29, 1.82) is 0 Å². The first-order chi connectivity index (χ1) is 12.5. The van der Waals surface area contributed by atoms with Gasteiger partial charge in [-0.05, 0) is 25.8 Å². The van der Waals surface area contributed by atoms with Crippen molar-refractivity contribution in [2.45, 2.75) is 38.1 Å². The van der Waals surface area contributed by atoms with E-state index < -0.39 is 10.5 Å². The van der Waals surface area contributed by atoms with Crippen molar-refractivity contribution < 1.29 is 9.45 Å². The fourth-order valence-electron chi connectivity index (χ4n) is 3.26. The van der Waals surface area contributed by atoms with Gasteiger partial charge in [-0.3, -0.25) is 10.1 Å². The summed E-state index contributed by atoms with van der Waals surface area (Å²) in [6, 6.07) is 6.16. The third-order valence-corrected chi connectivity index (χ3v) is 4.75. The van der Waals surface area contributed by atoms with E-state index in [9.17, 15) is 10.1 Å². The summed E-state index contributed by atoms with van der Waals surface area (Å²) in [6.07, 6.45) is 3.74. The third-order valence-electron chi connectivity index (χ3n) is 4.75. The smallest absolute Gasteiger partial charge is 0.280 e. The van der Waals surface area contributed by atoms with E-state index in [-0.39, 0.29) is 11.6 Å². The summed E-state index contributed by atoms with van der Waals surface area (Å²) in [5.41, 5.74) is 7.38. The molecule has 2 aromatic heterocycles. The van der Waals surface area contributed by atoms with Gasteiger partial charge in [0, 0.05) is 12.1 Å². The number of hydrogen-bond acceptors (Lipinski definition) is 8. The van der Waals surface area contributed by atoms with Crippen LogP contribution in [0.15, 0.2) is 28.8 Å². The number of nitrogens with zero attached hydrogens (tertiary/aromatic N) is 6. The first kappa shape index (κ1) is 16.3. The van der Waals surface area contributed by atoms with Gasteiger partial charge in [0.15, 0.2) is 11.5 Å². The molecule has 0 bridgehead atoms. The lowest BCUT2D eigenvalue weighted by Crippen LogP contribution is -2.34. The molecule has 0 aliphatic heterocycles. The van der Waals surface area contributed by atoms with Gasteiger partial charge in [0.2, 0.25) is 0 Å². The highest BCUT2D eigenvalue weighted by molar-refractivity contribution is 5.52. The van der Waals surface area contributed by atoms with Gasteiger partial charge < -0.3 is 10.3 Å². The summed E-state index contributed by atoms with van der Waals surface area (Å²) in [5, 5.41) is 23.2. The maximum absolute atomic E-state index is 11.0. The summed E-state index contributed by atoms with van der Waals surface area (Å²) in [7, 11) is 0. The third kappa shape index (κ3) is 2.64. The van der Waals surface area contributed by atoms with Gasteiger partial charge in [-0.25, -0.2) is 4.68 Å². The minimum atomic E-state index is -0.550. The summed E-state index contributed by atoms with van der Waals surface area (Å²) in [5.74, 6) is 0.722. The Balaban J connectivity index is 1.69. The lowest BCUT2D eigenvalue weighted by atomic mass is 9.99. The molecule has 0 radical (unpaired) electrons. The molecule has 0 amide bonds. The normalized spacial score (nSPS) is 16.1. The molecule has 2 heterocycles. The average Bonchev–Trinajstić information content (AvgIpc) is 3.35. The number of benzene rings is 1. The second kappa shape index (κ2) is 5.99. The van der Waals surface area contributed by atoms with Gasteiger partial charge in [-0.2, -0.15) is 4.98 Å². The molecule has 0 atom stereocenters. The van der Waals surface area contributed by atoms with Gasteiger partial charge in [-0.1, -0.05) is 29.3 Å². The van der Waals surface area contributed by atoms with Gasteiger partial charge in [-0.15, -0.1) is 5.10 Å². The Morgan fingerprint density at radius 1 is 1.35 bits per heavy atom. The van der Waals surface area contributed by atoms with Crippen molar-refractivity contribution in [3.8, 4) is 17.3 Å². The quantitative estimate of drug-likeness (QED) is 0.555. The van der Waals surface area contributed by atoms with Gasteiger partial charge >= 0.3 is 0 Å². The number of nitro benzene ring substituents is 1. The molecule has 0 unspecified atom stereocenters. The predicted molar refractivity (Wildman–Crippen MR) is 90.4 cm³/mol. The summed E-state index contributed by atoms with van der Waals surface area (Å²) in [6.45, 7) is 1.78. The Bertz CT molecular complexity index is 972. The summed E-state index contributed by atoms with van der Waals surface area (Å²) in [4.78, 5) is 14.9. The Morgan fingerprint density at radius 2 is 2.12 bits per heavy atom. The maximum atomic E-state index is 11.0. The Hall–Kier alpha value is -3.14. The molecule has 0 saturated heterocycles. The van der Waals surface area contributed by atoms with Crippen molar-refractivity contribution >= 4 is 5.69 Å². The molecule has 2 N–H and O–H groups in total. The van der Waals surface area contributed by atoms with E-state index in [0.717, 1.165) is 25.7 Å². The van der Waals surface area contributed by atoms with E-state index in [0.29, 0.717) is 22.9 Å². The van der Waals surface area contributed by atoms with Crippen LogP contribution in [0.5, 0.6) is 0 Å². The zero-order valence-corrected chi connectivity index (χ0v) is 14.1. The molecule has 1 aliphatic carbocycles. The molecule has 134 valence electrons. The van der Waals surface area contributed by atoms with Crippen LogP contribution in [0.2, 0.25) is 0 Å².